The number of amides is 2. The van der Waals surface area contributed by atoms with Crippen LogP contribution in [-0.2, 0) is 37.2 Å². The van der Waals surface area contributed by atoms with Gasteiger partial charge in [0.1, 0.15) is 0 Å². The van der Waals surface area contributed by atoms with Gasteiger partial charge in [0, 0.05) is 24.5 Å². The number of hydrazine groups is 1. The van der Waals surface area contributed by atoms with Crippen molar-refractivity contribution < 1.29 is 22.7 Å². The first kappa shape index (κ1) is 23.2. The normalized spacial score (nSPS) is 14.7. The molecule has 2 aromatic rings. The summed E-state index contributed by atoms with van der Waals surface area (Å²) in [6.07, 6.45) is 0.685. The van der Waals surface area contributed by atoms with Gasteiger partial charge in [-0.1, -0.05) is 35.9 Å². The lowest BCUT2D eigenvalue weighted by atomic mass is 10.1. The van der Waals surface area contributed by atoms with Crippen LogP contribution in [0.5, 0.6) is 0 Å². The molecule has 1 aliphatic heterocycles. The van der Waals surface area contributed by atoms with Crippen LogP contribution in [0, 0.1) is 0 Å². The SMILES string of the molecule is O=C(CCc1ccc(S(=O)(=O)N2CCOCC2)cc1)NNC(=O)Cc1ccc(Cl)cc1. The number of halogens is 1. The second kappa shape index (κ2) is 10.7. The summed E-state index contributed by atoms with van der Waals surface area (Å²) in [7, 11) is -3.54. The van der Waals surface area contributed by atoms with E-state index in [0.29, 0.717) is 37.7 Å². The van der Waals surface area contributed by atoms with Gasteiger partial charge in [0.2, 0.25) is 21.8 Å². The van der Waals surface area contributed by atoms with Crippen LogP contribution in [0.4, 0.5) is 0 Å². The number of nitrogens with one attached hydrogen (secondary N) is 2. The van der Waals surface area contributed by atoms with E-state index in [9.17, 15) is 18.0 Å². The fourth-order valence-electron chi connectivity index (χ4n) is 3.06. The number of benzene rings is 2. The number of rotatable bonds is 7. The molecule has 2 amide bonds. The van der Waals surface area contributed by atoms with Crippen molar-refractivity contribution in [1.82, 2.24) is 15.2 Å². The summed E-state index contributed by atoms with van der Waals surface area (Å²) in [5.41, 5.74) is 6.37. The molecule has 2 N–H and O–H groups in total. The Morgan fingerprint density at radius 2 is 1.48 bits per heavy atom. The summed E-state index contributed by atoms with van der Waals surface area (Å²) < 4.78 is 31.8. The average Bonchev–Trinajstić information content (AvgIpc) is 2.79. The van der Waals surface area contributed by atoms with Crippen LogP contribution in [0.2, 0.25) is 5.02 Å². The van der Waals surface area contributed by atoms with Crippen molar-refractivity contribution in [2.45, 2.75) is 24.2 Å². The van der Waals surface area contributed by atoms with Crippen LogP contribution in [0.15, 0.2) is 53.4 Å². The molecule has 0 aromatic heterocycles. The van der Waals surface area contributed by atoms with Gasteiger partial charge in [0.25, 0.3) is 0 Å². The molecule has 0 spiro atoms. The van der Waals surface area contributed by atoms with E-state index in [4.69, 9.17) is 16.3 Å². The van der Waals surface area contributed by atoms with Crippen molar-refractivity contribution >= 4 is 33.4 Å². The summed E-state index contributed by atoms with van der Waals surface area (Å²) in [6, 6.07) is 13.4. The maximum atomic E-state index is 12.6. The molecule has 31 heavy (non-hydrogen) atoms. The van der Waals surface area contributed by atoms with Gasteiger partial charge in [-0.3, -0.25) is 20.4 Å². The first-order valence-electron chi connectivity index (χ1n) is 9.83. The third-order valence-corrected chi connectivity index (χ3v) is 6.96. The highest BCUT2D eigenvalue weighted by Crippen LogP contribution is 2.18. The van der Waals surface area contributed by atoms with Crippen LogP contribution in [0.25, 0.3) is 0 Å². The summed E-state index contributed by atoms with van der Waals surface area (Å²) in [5.74, 6) is -0.678. The Balaban J connectivity index is 1.43. The minimum absolute atomic E-state index is 0.122. The van der Waals surface area contributed by atoms with Crippen molar-refractivity contribution in [3.63, 3.8) is 0 Å². The molecule has 2 aromatic carbocycles. The van der Waals surface area contributed by atoms with E-state index in [0.717, 1.165) is 11.1 Å². The summed E-state index contributed by atoms with van der Waals surface area (Å²) in [5, 5.41) is 0.587. The average molecular weight is 466 g/mol. The topological polar surface area (TPSA) is 105 Å². The maximum absolute atomic E-state index is 12.6. The molecule has 0 radical (unpaired) electrons. The minimum atomic E-state index is -3.54. The van der Waals surface area contributed by atoms with E-state index in [1.165, 1.54) is 4.31 Å². The largest absolute Gasteiger partial charge is 0.379 e. The van der Waals surface area contributed by atoms with Crippen molar-refractivity contribution in [2.75, 3.05) is 26.3 Å². The highest BCUT2D eigenvalue weighted by atomic mass is 35.5. The van der Waals surface area contributed by atoms with Crippen LogP contribution in [0.3, 0.4) is 0 Å². The second-order valence-electron chi connectivity index (χ2n) is 7.06. The molecule has 1 saturated heterocycles. The molecule has 0 saturated carbocycles. The van der Waals surface area contributed by atoms with Crippen molar-refractivity contribution in [2.24, 2.45) is 0 Å². The minimum Gasteiger partial charge on any atom is -0.379 e. The van der Waals surface area contributed by atoms with E-state index < -0.39 is 10.0 Å². The van der Waals surface area contributed by atoms with Gasteiger partial charge < -0.3 is 4.74 Å². The fraction of sp³-hybridized carbons (Fsp3) is 0.333. The molecule has 3 rings (SSSR count). The van der Waals surface area contributed by atoms with E-state index in [-0.39, 0.29) is 29.6 Å². The number of aryl methyl sites for hydroxylation is 1. The molecule has 1 fully saturated rings. The van der Waals surface area contributed by atoms with Gasteiger partial charge in [0.15, 0.2) is 0 Å². The Bertz CT molecular complexity index is 1000. The van der Waals surface area contributed by atoms with E-state index in [1.807, 2.05) is 0 Å². The molecular formula is C21H24ClN3O5S. The Kier molecular flexibility index (Phi) is 8.03. The number of hydrogen-bond acceptors (Lipinski definition) is 5. The Morgan fingerprint density at radius 1 is 0.903 bits per heavy atom. The number of sulfonamides is 1. The van der Waals surface area contributed by atoms with E-state index in [1.54, 1.807) is 48.5 Å². The molecule has 0 atom stereocenters. The molecule has 1 aliphatic rings. The smallest absolute Gasteiger partial charge is 0.243 e. The molecule has 0 unspecified atom stereocenters. The fourth-order valence-corrected chi connectivity index (χ4v) is 4.59. The van der Waals surface area contributed by atoms with Crippen molar-refractivity contribution in [3.8, 4) is 0 Å². The van der Waals surface area contributed by atoms with E-state index in [2.05, 4.69) is 10.9 Å². The molecule has 10 heteroatoms. The number of hydrogen-bond donors (Lipinski definition) is 2. The summed E-state index contributed by atoms with van der Waals surface area (Å²) in [6.45, 7) is 1.47. The Hall–Kier alpha value is -2.46. The zero-order valence-corrected chi connectivity index (χ0v) is 18.4. The molecule has 166 valence electrons. The lowest BCUT2D eigenvalue weighted by molar-refractivity contribution is -0.128. The highest BCUT2D eigenvalue weighted by Gasteiger charge is 2.26. The lowest BCUT2D eigenvalue weighted by Crippen LogP contribution is -2.42. The van der Waals surface area contributed by atoms with Gasteiger partial charge in [-0.25, -0.2) is 8.42 Å². The van der Waals surface area contributed by atoms with Crippen LogP contribution < -0.4 is 10.9 Å². The first-order valence-corrected chi connectivity index (χ1v) is 11.7. The summed E-state index contributed by atoms with van der Waals surface area (Å²) >= 11 is 5.81. The molecule has 1 heterocycles. The summed E-state index contributed by atoms with van der Waals surface area (Å²) in [4.78, 5) is 24.1. The predicted octanol–water partition coefficient (Wildman–Crippen LogP) is 1.68. The van der Waals surface area contributed by atoms with Crippen molar-refractivity contribution in [3.05, 3.63) is 64.7 Å². The number of nitrogens with zero attached hydrogens (tertiary/aromatic N) is 1. The van der Waals surface area contributed by atoms with Gasteiger partial charge >= 0.3 is 0 Å². The Morgan fingerprint density at radius 3 is 2.13 bits per heavy atom. The van der Waals surface area contributed by atoms with Gasteiger partial charge in [-0.05, 0) is 41.8 Å². The van der Waals surface area contributed by atoms with E-state index >= 15 is 0 Å². The number of ether oxygens (including phenoxy) is 1. The number of morpholine rings is 1. The standard InChI is InChI=1S/C21H24ClN3O5S/c22-18-6-1-17(2-7-18)15-21(27)24-23-20(26)10-5-16-3-8-19(9-4-16)31(28,29)25-11-13-30-14-12-25/h1-4,6-9H,5,10-15H2,(H,23,26)(H,24,27). The van der Waals surface area contributed by atoms with Gasteiger partial charge in [0.05, 0.1) is 24.5 Å². The third kappa shape index (κ3) is 6.76. The molecule has 8 nitrogen and oxygen atoms in total. The highest BCUT2D eigenvalue weighted by molar-refractivity contribution is 7.89. The molecule has 0 bridgehead atoms. The van der Waals surface area contributed by atoms with Gasteiger partial charge in [-0.2, -0.15) is 4.31 Å². The molecular weight excluding hydrogens is 442 g/mol. The number of carbonyl (C=O) groups excluding carboxylic acids is 2. The monoisotopic (exact) mass is 465 g/mol. The lowest BCUT2D eigenvalue weighted by Gasteiger charge is -2.26. The quantitative estimate of drug-likeness (QED) is 0.605. The number of carbonyl (C=O) groups is 2. The van der Waals surface area contributed by atoms with Crippen LogP contribution in [-0.4, -0.2) is 50.8 Å². The zero-order chi connectivity index (χ0) is 22.3. The van der Waals surface area contributed by atoms with Crippen molar-refractivity contribution in [1.29, 1.82) is 0 Å². The first-order chi connectivity index (χ1) is 14.8. The molecule has 0 aliphatic carbocycles. The zero-order valence-electron chi connectivity index (χ0n) is 16.8. The predicted molar refractivity (Wildman–Crippen MR) is 116 cm³/mol. The van der Waals surface area contributed by atoms with Crippen LogP contribution >= 0.6 is 11.6 Å². The maximum Gasteiger partial charge on any atom is 0.243 e. The third-order valence-electron chi connectivity index (χ3n) is 4.79. The Labute approximate surface area is 186 Å². The van der Waals surface area contributed by atoms with Crippen LogP contribution in [0.1, 0.15) is 17.5 Å². The second-order valence-corrected chi connectivity index (χ2v) is 9.43. The van der Waals surface area contributed by atoms with Gasteiger partial charge in [-0.15, -0.1) is 0 Å².